The van der Waals surface area contributed by atoms with Crippen LogP contribution in [0, 0.1) is 23.1 Å². The number of alkyl carbamates (subject to hydrolysis) is 1. The fourth-order valence-electron chi connectivity index (χ4n) is 7.31. The summed E-state index contributed by atoms with van der Waals surface area (Å²) in [5.41, 5.74) is -0.169. The molecular weight excluding hydrogens is 501 g/mol. The molecule has 3 heterocycles. The number of ether oxygens (including phenoxy) is 1. The molecule has 0 radical (unpaired) electrons. The number of likely N-dealkylation sites (tertiary alicyclic amines) is 3. The van der Waals surface area contributed by atoms with Crippen LogP contribution in [0.5, 0.6) is 0 Å². The fraction of sp³-hybridized carbons (Fsp3) is 0.655. The van der Waals surface area contributed by atoms with Gasteiger partial charge in [-0.15, -0.1) is 0 Å². The van der Waals surface area contributed by atoms with Gasteiger partial charge < -0.3 is 19.9 Å². The van der Waals surface area contributed by atoms with Crippen molar-refractivity contribution in [1.29, 1.82) is 5.26 Å². The van der Waals surface area contributed by atoms with E-state index in [1.54, 1.807) is 37.8 Å². The molecule has 0 unspecified atom stereocenters. The second-order valence-electron chi connectivity index (χ2n) is 12.8. The largest absolute Gasteiger partial charge is 0.444 e. The highest BCUT2D eigenvalue weighted by molar-refractivity contribution is 5.89. The molecule has 3 amide bonds. The SMILES string of the molecule is CC(C)(C)OC(=O)N[C@@H](CN1C[C@H]2C[C@@H]1C(=O)N2C1(c2ccc(F)cc2)CCC1)C(=O)N1[C@H](C#N)C[C@@H]2C[C@@H]21. The van der Waals surface area contributed by atoms with E-state index < -0.39 is 29.3 Å². The number of piperidine rings is 1. The smallest absolute Gasteiger partial charge is 0.408 e. The van der Waals surface area contributed by atoms with E-state index in [0.717, 1.165) is 31.2 Å². The van der Waals surface area contributed by atoms with Crippen LogP contribution in [-0.2, 0) is 19.9 Å². The second kappa shape index (κ2) is 9.19. The van der Waals surface area contributed by atoms with E-state index in [4.69, 9.17) is 4.74 Å². The lowest BCUT2D eigenvalue weighted by Crippen LogP contribution is -2.63. The zero-order valence-electron chi connectivity index (χ0n) is 22.7. The first-order chi connectivity index (χ1) is 18.5. The third-order valence-electron chi connectivity index (χ3n) is 9.21. The normalized spacial score (nSPS) is 31.4. The van der Waals surface area contributed by atoms with Crippen molar-refractivity contribution >= 4 is 17.9 Å². The quantitative estimate of drug-likeness (QED) is 0.598. The van der Waals surface area contributed by atoms with E-state index in [2.05, 4.69) is 11.4 Å². The minimum atomic E-state index is -0.926. The highest BCUT2D eigenvalue weighted by Gasteiger charge is 2.60. The average Bonchev–Trinajstić information content (AvgIpc) is 3.16. The van der Waals surface area contributed by atoms with Crippen molar-refractivity contribution in [2.75, 3.05) is 13.1 Å². The molecule has 5 aliphatic rings. The van der Waals surface area contributed by atoms with E-state index in [0.29, 0.717) is 25.3 Å². The Morgan fingerprint density at radius 3 is 2.51 bits per heavy atom. The number of hydrogen-bond acceptors (Lipinski definition) is 6. The van der Waals surface area contributed by atoms with Crippen molar-refractivity contribution in [3.63, 3.8) is 0 Å². The zero-order chi connectivity index (χ0) is 27.7. The third-order valence-corrected chi connectivity index (χ3v) is 9.21. The summed E-state index contributed by atoms with van der Waals surface area (Å²) in [4.78, 5) is 46.0. The number of benzene rings is 1. The number of nitrogens with zero attached hydrogens (tertiary/aromatic N) is 4. The maximum atomic E-state index is 13.8. The Bertz CT molecular complexity index is 1220. The Morgan fingerprint density at radius 2 is 1.92 bits per heavy atom. The van der Waals surface area contributed by atoms with Crippen LogP contribution in [0.2, 0.25) is 0 Å². The second-order valence-corrected chi connectivity index (χ2v) is 12.8. The number of amides is 3. The Balaban J connectivity index is 1.20. The molecule has 208 valence electrons. The predicted molar refractivity (Wildman–Crippen MR) is 138 cm³/mol. The van der Waals surface area contributed by atoms with Gasteiger partial charge in [0.15, 0.2) is 0 Å². The number of fused-ring (bicyclic) bond motifs is 3. The topological polar surface area (TPSA) is 106 Å². The molecule has 6 rings (SSSR count). The molecule has 2 saturated carbocycles. The fourth-order valence-corrected chi connectivity index (χ4v) is 7.31. The van der Waals surface area contributed by atoms with E-state index in [9.17, 15) is 24.0 Å². The van der Waals surface area contributed by atoms with Gasteiger partial charge in [0.2, 0.25) is 11.8 Å². The van der Waals surface area contributed by atoms with Crippen LogP contribution < -0.4 is 5.32 Å². The van der Waals surface area contributed by atoms with Crippen molar-refractivity contribution in [1.82, 2.24) is 20.0 Å². The van der Waals surface area contributed by atoms with Crippen LogP contribution in [0.4, 0.5) is 9.18 Å². The lowest BCUT2D eigenvalue weighted by Gasteiger charge is -2.53. The van der Waals surface area contributed by atoms with Crippen molar-refractivity contribution in [3.8, 4) is 6.07 Å². The number of hydrogen-bond donors (Lipinski definition) is 1. The first-order valence-corrected chi connectivity index (χ1v) is 14.1. The predicted octanol–water partition coefficient (Wildman–Crippen LogP) is 2.90. The Morgan fingerprint density at radius 1 is 1.21 bits per heavy atom. The summed E-state index contributed by atoms with van der Waals surface area (Å²) in [7, 11) is 0. The van der Waals surface area contributed by atoms with Crippen LogP contribution in [0.25, 0.3) is 0 Å². The van der Waals surface area contributed by atoms with Crippen LogP contribution in [0.3, 0.4) is 0 Å². The maximum Gasteiger partial charge on any atom is 0.408 e. The molecule has 0 aromatic heterocycles. The van der Waals surface area contributed by atoms with Gasteiger partial charge in [-0.3, -0.25) is 14.5 Å². The molecule has 0 spiro atoms. The van der Waals surface area contributed by atoms with Gasteiger partial charge in [0.05, 0.1) is 17.6 Å². The Kier molecular flexibility index (Phi) is 6.14. The summed E-state index contributed by atoms with van der Waals surface area (Å²) < 4.78 is 19.1. The van der Waals surface area contributed by atoms with Crippen molar-refractivity contribution < 1.29 is 23.5 Å². The number of halogens is 1. The first kappa shape index (κ1) is 26.1. The van der Waals surface area contributed by atoms with E-state index in [1.807, 2.05) is 9.80 Å². The summed E-state index contributed by atoms with van der Waals surface area (Å²) in [5, 5.41) is 12.4. The van der Waals surface area contributed by atoms with E-state index in [-0.39, 0.29) is 42.3 Å². The van der Waals surface area contributed by atoms with Crippen LogP contribution >= 0.6 is 0 Å². The zero-order valence-corrected chi connectivity index (χ0v) is 22.7. The molecule has 6 atom stereocenters. The van der Waals surface area contributed by atoms with E-state index in [1.165, 1.54) is 12.1 Å². The summed E-state index contributed by atoms with van der Waals surface area (Å²) in [6.07, 6.45) is 4.23. The van der Waals surface area contributed by atoms with Crippen LogP contribution in [0.1, 0.15) is 64.9 Å². The standard InChI is InChI=1S/C29H36FN5O4/c1-28(2,3)39-27(38)32-22(25(36)34-20(14-31)11-17-12-23(17)34)16-33-15-21-13-24(33)26(37)35(21)29(9-4-10-29)18-5-7-19(30)8-6-18/h5-8,17,20-24H,4,9-13,15-16H2,1-3H3,(H,32,38)/t17-,20+,21-,22+,23+,24-/m1/s1. The average molecular weight is 538 g/mol. The lowest BCUT2D eigenvalue weighted by molar-refractivity contribution is -0.150. The Hall–Kier alpha value is -3.19. The summed E-state index contributed by atoms with van der Waals surface area (Å²) in [6, 6.07) is 6.96. The molecule has 1 aromatic carbocycles. The number of carbonyl (C=O) groups excluding carboxylic acids is 3. The summed E-state index contributed by atoms with van der Waals surface area (Å²) in [5.74, 6) is -0.205. The number of piperazine rings is 1. The monoisotopic (exact) mass is 537 g/mol. The molecule has 1 aromatic rings. The molecule has 1 N–H and O–H groups in total. The number of carbonyl (C=O) groups is 3. The van der Waals surface area contributed by atoms with Crippen LogP contribution in [0.15, 0.2) is 24.3 Å². The van der Waals surface area contributed by atoms with Gasteiger partial charge in [-0.1, -0.05) is 12.1 Å². The molecule has 9 nitrogen and oxygen atoms in total. The number of nitrogens with one attached hydrogen (secondary N) is 1. The van der Waals surface area contributed by atoms with Crippen molar-refractivity contribution in [2.24, 2.45) is 5.92 Å². The summed E-state index contributed by atoms with van der Waals surface area (Å²) in [6.45, 7) is 6.04. The van der Waals surface area contributed by atoms with Gasteiger partial charge in [-0.2, -0.15) is 5.26 Å². The van der Waals surface area contributed by atoms with Crippen LogP contribution in [-0.4, -0.2) is 81.5 Å². The molecule has 3 aliphatic heterocycles. The van der Waals surface area contributed by atoms with Gasteiger partial charge in [0.25, 0.3) is 0 Å². The molecule has 5 fully saturated rings. The lowest BCUT2D eigenvalue weighted by atomic mass is 9.70. The van der Waals surface area contributed by atoms with Gasteiger partial charge >= 0.3 is 6.09 Å². The number of rotatable bonds is 6. The van der Waals surface area contributed by atoms with Crippen molar-refractivity contribution in [2.45, 2.75) is 101 Å². The number of nitriles is 1. The first-order valence-electron chi connectivity index (χ1n) is 14.1. The minimum Gasteiger partial charge on any atom is -0.444 e. The van der Waals surface area contributed by atoms with Gasteiger partial charge in [-0.05, 0) is 82.9 Å². The highest BCUT2D eigenvalue weighted by atomic mass is 19.1. The maximum absolute atomic E-state index is 13.8. The molecule has 10 heteroatoms. The molecule has 3 saturated heterocycles. The summed E-state index contributed by atoms with van der Waals surface area (Å²) >= 11 is 0. The molecule has 39 heavy (non-hydrogen) atoms. The van der Waals surface area contributed by atoms with Gasteiger partial charge in [0, 0.05) is 25.2 Å². The highest BCUT2D eigenvalue weighted by Crippen LogP contribution is 2.52. The molecule has 2 bridgehead atoms. The minimum absolute atomic E-state index is 0.0170. The third kappa shape index (κ3) is 4.45. The van der Waals surface area contributed by atoms with Crippen molar-refractivity contribution in [3.05, 3.63) is 35.6 Å². The van der Waals surface area contributed by atoms with Gasteiger partial charge in [-0.25, -0.2) is 9.18 Å². The van der Waals surface area contributed by atoms with E-state index >= 15 is 0 Å². The molecular formula is C29H36FN5O4. The van der Waals surface area contributed by atoms with Gasteiger partial charge in [0.1, 0.15) is 23.5 Å². The molecule has 2 aliphatic carbocycles. The Labute approximate surface area is 228 Å².